The molecule has 0 spiro atoms. The normalized spacial score (nSPS) is 10.6. The third kappa shape index (κ3) is 4.63. The predicted octanol–water partition coefficient (Wildman–Crippen LogP) is 4.82. The van der Waals surface area contributed by atoms with E-state index in [4.69, 9.17) is 23.2 Å². The molecule has 5 heteroatoms. The zero-order chi connectivity index (χ0) is 18.5. The van der Waals surface area contributed by atoms with Crippen molar-refractivity contribution in [1.29, 1.82) is 0 Å². The van der Waals surface area contributed by atoms with Gasteiger partial charge in [-0.1, -0.05) is 59.6 Å². The summed E-state index contributed by atoms with van der Waals surface area (Å²) in [5, 5.41) is 3.69. The van der Waals surface area contributed by atoms with Gasteiger partial charge in [-0.05, 0) is 36.1 Å². The molecule has 132 valence electrons. The third-order valence-electron chi connectivity index (χ3n) is 4.09. The van der Waals surface area contributed by atoms with Gasteiger partial charge in [0.1, 0.15) is 0 Å². The van der Waals surface area contributed by atoms with Gasteiger partial charge in [0, 0.05) is 12.1 Å². The molecule has 1 amide bonds. The maximum absolute atomic E-state index is 12.3. The number of rotatable bonds is 5. The Morgan fingerprint density at radius 3 is 2.31 bits per heavy atom. The first-order valence-corrected chi connectivity index (χ1v) is 9.05. The van der Waals surface area contributed by atoms with Crippen LogP contribution in [0.2, 0.25) is 10.0 Å². The minimum Gasteiger partial charge on any atom is -0.318 e. The number of benzene rings is 2. The summed E-state index contributed by atoms with van der Waals surface area (Å²) in [5.41, 5.74) is 3.77. The molecule has 0 bridgehead atoms. The van der Waals surface area contributed by atoms with Crippen molar-refractivity contribution in [2.24, 2.45) is 0 Å². The highest BCUT2D eigenvalue weighted by atomic mass is 35.5. The molecule has 0 unspecified atom stereocenters. The molecular weight excluding hydrogens is 367 g/mol. The van der Waals surface area contributed by atoms with Crippen molar-refractivity contribution in [3.8, 4) is 0 Å². The van der Waals surface area contributed by atoms with Gasteiger partial charge >= 0.3 is 0 Å². The van der Waals surface area contributed by atoms with E-state index >= 15 is 0 Å². The van der Waals surface area contributed by atoms with Gasteiger partial charge in [0.25, 0.3) is 5.91 Å². The van der Waals surface area contributed by atoms with E-state index in [1.807, 2.05) is 60.3 Å². The Bertz CT molecular complexity index is 909. The largest absolute Gasteiger partial charge is 0.318 e. The topological polar surface area (TPSA) is 33.0 Å². The number of carbonyl (C=O) groups is 1. The number of hydrogen-bond donors (Lipinski definition) is 1. The van der Waals surface area contributed by atoms with Crippen LogP contribution in [0.1, 0.15) is 16.7 Å². The van der Waals surface area contributed by atoms with E-state index in [-0.39, 0.29) is 12.5 Å². The number of carbonyl (C=O) groups excluding carboxylic acids is 1. The highest BCUT2D eigenvalue weighted by Crippen LogP contribution is 2.32. The van der Waals surface area contributed by atoms with Crippen LogP contribution in [-0.2, 0) is 17.8 Å². The summed E-state index contributed by atoms with van der Waals surface area (Å²) < 4.78 is 1.82. The molecule has 0 radical (unpaired) electrons. The number of hydrogen-bond acceptors (Lipinski definition) is 1. The van der Waals surface area contributed by atoms with Crippen LogP contribution in [-0.4, -0.2) is 5.91 Å². The summed E-state index contributed by atoms with van der Waals surface area (Å²) >= 11 is 12.4. The van der Waals surface area contributed by atoms with Gasteiger partial charge in [-0.15, -0.1) is 0 Å². The first-order valence-electron chi connectivity index (χ1n) is 8.29. The smallest absolute Gasteiger partial charge is 0.290 e. The average Bonchev–Trinajstić information content (AvgIpc) is 2.64. The van der Waals surface area contributed by atoms with Gasteiger partial charge in [-0.3, -0.25) is 4.79 Å². The lowest BCUT2D eigenvalue weighted by Crippen LogP contribution is -2.39. The van der Waals surface area contributed by atoms with Gasteiger partial charge in [-0.2, -0.15) is 4.57 Å². The first kappa shape index (κ1) is 18.4. The van der Waals surface area contributed by atoms with Gasteiger partial charge in [-0.25, -0.2) is 0 Å². The van der Waals surface area contributed by atoms with Gasteiger partial charge in [0.15, 0.2) is 12.4 Å². The lowest BCUT2D eigenvalue weighted by molar-refractivity contribution is -0.684. The molecule has 0 saturated heterocycles. The maximum atomic E-state index is 12.3. The van der Waals surface area contributed by atoms with E-state index in [2.05, 4.69) is 17.4 Å². The fraction of sp³-hybridized carbons (Fsp3) is 0.143. The molecule has 0 saturated carbocycles. The summed E-state index contributed by atoms with van der Waals surface area (Å²) in [7, 11) is 0. The number of amides is 1. The first-order chi connectivity index (χ1) is 12.5. The van der Waals surface area contributed by atoms with Crippen molar-refractivity contribution in [2.45, 2.75) is 19.9 Å². The zero-order valence-electron chi connectivity index (χ0n) is 14.4. The van der Waals surface area contributed by atoms with Crippen LogP contribution in [0.25, 0.3) is 0 Å². The summed E-state index contributed by atoms with van der Waals surface area (Å²) in [5.74, 6) is -0.180. The number of nitrogens with one attached hydrogen (secondary N) is 1. The molecule has 0 aliphatic rings. The van der Waals surface area contributed by atoms with E-state index < -0.39 is 0 Å². The van der Waals surface area contributed by atoms with E-state index in [1.165, 1.54) is 11.1 Å². The summed E-state index contributed by atoms with van der Waals surface area (Å²) in [6.07, 6.45) is 4.66. The fourth-order valence-corrected chi connectivity index (χ4v) is 3.12. The number of aromatic nitrogens is 1. The van der Waals surface area contributed by atoms with Gasteiger partial charge in [0.05, 0.1) is 15.7 Å². The number of nitrogens with zero attached hydrogens (tertiary/aromatic N) is 1. The van der Waals surface area contributed by atoms with Crippen molar-refractivity contribution in [3.63, 3.8) is 0 Å². The Balaban J connectivity index is 1.64. The van der Waals surface area contributed by atoms with Crippen LogP contribution in [0, 0.1) is 6.92 Å². The summed E-state index contributed by atoms with van der Waals surface area (Å²) in [6.45, 7) is 2.06. The van der Waals surface area contributed by atoms with Crippen LogP contribution < -0.4 is 9.88 Å². The van der Waals surface area contributed by atoms with Crippen LogP contribution >= 0.6 is 23.2 Å². The van der Waals surface area contributed by atoms with Crippen LogP contribution in [0.5, 0.6) is 0 Å². The molecule has 0 atom stereocenters. The molecule has 26 heavy (non-hydrogen) atoms. The minimum absolute atomic E-state index is 0.180. The molecule has 1 aromatic heterocycles. The molecule has 0 aliphatic carbocycles. The molecule has 3 rings (SSSR count). The Morgan fingerprint density at radius 2 is 1.62 bits per heavy atom. The molecule has 2 aromatic carbocycles. The van der Waals surface area contributed by atoms with Crippen LogP contribution in [0.15, 0.2) is 67.0 Å². The van der Waals surface area contributed by atoms with Crippen LogP contribution in [0.3, 0.4) is 0 Å². The Morgan fingerprint density at radius 1 is 0.962 bits per heavy atom. The Labute approximate surface area is 163 Å². The van der Waals surface area contributed by atoms with Crippen molar-refractivity contribution in [1.82, 2.24) is 0 Å². The maximum Gasteiger partial charge on any atom is 0.290 e. The highest BCUT2D eigenvalue weighted by molar-refractivity contribution is 6.40. The quantitative estimate of drug-likeness (QED) is 0.627. The lowest BCUT2D eigenvalue weighted by Gasteiger charge is -2.10. The average molecular weight is 386 g/mol. The van der Waals surface area contributed by atoms with E-state index in [0.717, 1.165) is 12.0 Å². The molecule has 0 aliphatic heterocycles. The Hall–Kier alpha value is -2.36. The second kappa shape index (κ2) is 8.35. The SMILES string of the molecule is Cc1ccc(Cl)c(NC(=O)C[n+]2ccc(Cc3ccccc3)cc2)c1Cl. The number of aryl methyl sites for hydroxylation is 1. The molecule has 3 nitrogen and oxygen atoms in total. The molecule has 0 fully saturated rings. The van der Waals surface area contributed by atoms with Crippen molar-refractivity contribution in [2.75, 3.05) is 5.32 Å². The van der Waals surface area contributed by atoms with Gasteiger partial charge in [0.2, 0.25) is 6.54 Å². The summed E-state index contributed by atoms with van der Waals surface area (Å²) in [4.78, 5) is 12.3. The monoisotopic (exact) mass is 385 g/mol. The Kier molecular flexibility index (Phi) is 5.92. The molecule has 1 N–H and O–H groups in total. The highest BCUT2D eigenvalue weighted by Gasteiger charge is 2.15. The standard InChI is InChI=1S/C21H18Cl2N2O/c1-15-7-8-18(22)21(20(15)23)24-19(26)14-25-11-9-17(10-12-25)13-16-5-3-2-4-6-16/h2-12H,13-14H2,1H3/p+1. The minimum atomic E-state index is -0.180. The fourth-order valence-electron chi connectivity index (χ4n) is 2.66. The zero-order valence-corrected chi connectivity index (χ0v) is 15.9. The predicted molar refractivity (Wildman–Crippen MR) is 106 cm³/mol. The second-order valence-corrected chi connectivity index (χ2v) is 6.93. The van der Waals surface area contributed by atoms with Crippen molar-refractivity contribution >= 4 is 34.8 Å². The van der Waals surface area contributed by atoms with Gasteiger partial charge < -0.3 is 5.32 Å². The van der Waals surface area contributed by atoms with E-state index in [1.54, 1.807) is 6.07 Å². The number of halogens is 2. The van der Waals surface area contributed by atoms with E-state index in [0.29, 0.717) is 15.7 Å². The molecule has 1 heterocycles. The van der Waals surface area contributed by atoms with E-state index in [9.17, 15) is 4.79 Å². The van der Waals surface area contributed by atoms with Crippen LogP contribution in [0.4, 0.5) is 5.69 Å². The molecular formula is C21H19Cl2N2O+. The van der Waals surface area contributed by atoms with Crippen molar-refractivity contribution < 1.29 is 9.36 Å². The third-order valence-corrected chi connectivity index (χ3v) is 4.89. The lowest BCUT2D eigenvalue weighted by atomic mass is 10.1. The molecule has 3 aromatic rings. The van der Waals surface area contributed by atoms with Crippen molar-refractivity contribution in [3.05, 3.63) is 93.7 Å². The summed E-state index contributed by atoms with van der Waals surface area (Å²) in [6, 6.07) is 17.9. The number of anilines is 1. The second-order valence-electron chi connectivity index (χ2n) is 6.14. The number of pyridine rings is 1.